The Labute approximate surface area is 88.4 Å². The lowest BCUT2D eigenvalue weighted by Gasteiger charge is -2.04. The summed E-state index contributed by atoms with van der Waals surface area (Å²) in [6, 6.07) is 1.18. The number of hydrogen-bond acceptors (Lipinski definition) is 4. The van der Waals surface area contributed by atoms with Crippen LogP contribution in [0, 0.1) is 0 Å². The summed E-state index contributed by atoms with van der Waals surface area (Å²) in [4.78, 5) is 11.2. The second-order valence-corrected chi connectivity index (χ2v) is 3.23. The van der Waals surface area contributed by atoms with E-state index in [2.05, 4.69) is 10.4 Å². The molecule has 1 aromatic rings. The fourth-order valence-electron chi connectivity index (χ4n) is 0.978. The van der Waals surface area contributed by atoms with Crippen LogP contribution in [-0.4, -0.2) is 35.4 Å². The number of rotatable bonds is 5. The number of anilines is 1. The molecule has 84 valence electrons. The highest BCUT2D eigenvalue weighted by atomic mass is 16.5. The smallest absolute Gasteiger partial charge is 0.242 e. The number of nitrogens with zero attached hydrogens (tertiary/aromatic N) is 2. The topological polar surface area (TPSA) is 82.2 Å². The van der Waals surface area contributed by atoms with Crippen LogP contribution in [0.15, 0.2) is 12.3 Å². The van der Waals surface area contributed by atoms with Crippen LogP contribution >= 0.6 is 0 Å². The number of hydrogen-bond donors (Lipinski definition) is 2. The van der Waals surface area contributed by atoms with Gasteiger partial charge in [0.25, 0.3) is 0 Å². The molecule has 1 aromatic heterocycles. The predicted octanol–water partition coefficient (Wildman–Crippen LogP) is -0.185. The molecule has 0 aliphatic rings. The molecule has 0 radical (unpaired) electrons. The maximum absolute atomic E-state index is 11.2. The maximum atomic E-state index is 11.2. The van der Waals surface area contributed by atoms with Gasteiger partial charge in [-0.25, -0.2) is 0 Å². The molecule has 6 heteroatoms. The van der Waals surface area contributed by atoms with Crippen molar-refractivity contribution in [2.45, 2.75) is 19.5 Å². The third-order valence-corrected chi connectivity index (χ3v) is 1.83. The van der Waals surface area contributed by atoms with Gasteiger partial charge < -0.3 is 15.8 Å². The zero-order valence-corrected chi connectivity index (χ0v) is 8.93. The zero-order valence-electron chi connectivity index (χ0n) is 8.93. The first-order valence-electron chi connectivity index (χ1n) is 4.72. The van der Waals surface area contributed by atoms with E-state index < -0.39 is 6.04 Å². The third kappa shape index (κ3) is 3.69. The van der Waals surface area contributed by atoms with Crippen molar-refractivity contribution in [1.29, 1.82) is 0 Å². The molecule has 0 fully saturated rings. The van der Waals surface area contributed by atoms with Crippen molar-refractivity contribution >= 4 is 11.7 Å². The van der Waals surface area contributed by atoms with E-state index in [4.69, 9.17) is 10.5 Å². The summed E-state index contributed by atoms with van der Waals surface area (Å²) in [7, 11) is 1.63. The summed E-state index contributed by atoms with van der Waals surface area (Å²) in [5, 5.41) is 6.72. The Balaban J connectivity index is 2.49. The number of nitrogens with one attached hydrogen (secondary N) is 1. The highest BCUT2D eigenvalue weighted by Gasteiger charge is 2.08. The third-order valence-electron chi connectivity index (χ3n) is 1.83. The first kappa shape index (κ1) is 11.7. The van der Waals surface area contributed by atoms with Crippen molar-refractivity contribution in [2.24, 2.45) is 5.73 Å². The zero-order chi connectivity index (χ0) is 11.3. The summed E-state index contributed by atoms with van der Waals surface area (Å²) in [5.41, 5.74) is 5.40. The molecule has 0 spiro atoms. The van der Waals surface area contributed by atoms with Crippen molar-refractivity contribution in [2.75, 3.05) is 19.0 Å². The Bertz CT molecular complexity index is 322. The van der Waals surface area contributed by atoms with E-state index in [-0.39, 0.29) is 5.91 Å². The van der Waals surface area contributed by atoms with Crippen LogP contribution in [0.5, 0.6) is 0 Å². The molecule has 3 N–H and O–H groups in total. The number of nitrogens with two attached hydrogens (primary N) is 1. The minimum absolute atomic E-state index is 0.244. The van der Waals surface area contributed by atoms with Gasteiger partial charge in [0.1, 0.15) is 0 Å². The van der Waals surface area contributed by atoms with Crippen molar-refractivity contribution in [3.8, 4) is 0 Å². The number of ether oxygens (including phenoxy) is 1. The van der Waals surface area contributed by atoms with Crippen LogP contribution in [0.3, 0.4) is 0 Å². The monoisotopic (exact) mass is 212 g/mol. The Hall–Kier alpha value is -1.40. The van der Waals surface area contributed by atoms with E-state index in [1.165, 1.54) is 0 Å². The Morgan fingerprint density at radius 3 is 3.13 bits per heavy atom. The van der Waals surface area contributed by atoms with Crippen LogP contribution < -0.4 is 11.1 Å². The molecule has 1 atom stereocenters. The van der Waals surface area contributed by atoms with Crippen LogP contribution in [0.4, 0.5) is 5.82 Å². The van der Waals surface area contributed by atoms with Gasteiger partial charge in [0.05, 0.1) is 19.2 Å². The van der Waals surface area contributed by atoms with Gasteiger partial charge in [0.15, 0.2) is 5.82 Å². The van der Waals surface area contributed by atoms with Crippen molar-refractivity contribution in [3.05, 3.63) is 12.3 Å². The van der Waals surface area contributed by atoms with E-state index in [1.807, 2.05) is 0 Å². The van der Waals surface area contributed by atoms with E-state index in [0.717, 1.165) is 0 Å². The first-order chi connectivity index (χ1) is 7.13. The average Bonchev–Trinajstić information content (AvgIpc) is 2.62. The molecule has 15 heavy (non-hydrogen) atoms. The molecule has 0 aliphatic heterocycles. The molecular weight excluding hydrogens is 196 g/mol. The largest absolute Gasteiger partial charge is 0.383 e. The van der Waals surface area contributed by atoms with Crippen LogP contribution in [0.2, 0.25) is 0 Å². The van der Waals surface area contributed by atoms with Gasteiger partial charge in [-0.15, -0.1) is 0 Å². The van der Waals surface area contributed by atoms with Gasteiger partial charge in [-0.2, -0.15) is 5.10 Å². The summed E-state index contributed by atoms with van der Waals surface area (Å²) in [6.07, 6.45) is 1.77. The van der Waals surface area contributed by atoms with Crippen LogP contribution in [0.1, 0.15) is 6.92 Å². The summed E-state index contributed by atoms with van der Waals surface area (Å²) >= 11 is 0. The number of aromatic nitrogens is 2. The van der Waals surface area contributed by atoms with Gasteiger partial charge in [0.2, 0.25) is 5.91 Å². The lowest BCUT2D eigenvalue weighted by molar-refractivity contribution is -0.117. The molecule has 0 aliphatic carbocycles. The van der Waals surface area contributed by atoms with Crippen molar-refractivity contribution in [1.82, 2.24) is 9.78 Å². The number of methoxy groups -OCH3 is 1. The standard InChI is InChI=1S/C9H16N4O2/c1-7(10)9(14)11-8-3-4-13(12-8)5-6-15-2/h3-4,7H,5-6,10H2,1-2H3,(H,11,12,14)/t7-/m0/s1. The molecule has 6 nitrogen and oxygen atoms in total. The van der Waals surface area contributed by atoms with Gasteiger partial charge >= 0.3 is 0 Å². The highest BCUT2D eigenvalue weighted by Crippen LogP contribution is 2.02. The van der Waals surface area contributed by atoms with E-state index >= 15 is 0 Å². The Morgan fingerprint density at radius 2 is 2.53 bits per heavy atom. The van der Waals surface area contributed by atoms with Gasteiger partial charge in [0, 0.05) is 19.4 Å². The molecule has 0 saturated heterocycles. The molecule has 1 heterocycles. The fourth-order valence-corrected chi connectivity index (χ4v) is 0.978. The minimum Gasteiger partial charge on any atom is -0.383 e. The molecule has 0 aromatic carbocycles. The molecule has 0 unspecified atom stereocenters. The minimum atomic E-state index is -0.533. The lowest BCUT2D eigenvalue weighted by atomic mass is 10.3. The average molecular weight is 212 g/mol. The van der Waals surface area contributed by atoms with Crippen molar-refractivity contribution in [3.63, 3.8) is 0 Å². The molecule has 0 saturated carbocycles. The quantitative estimate of drug-likeness (QED) is 0.709. The number of carbonyl (C=O) groups excluding carboxylic acids is 1. The Morgan fingerprint density at radius 1 is 1.80 bits per heavy atom. The second kappa shape index (κ2) is 5.47. The molecule has 1 amide bonds. The summed E-state index contributed by atoms with van der Waals surface area (Å²) in [6.45, 7) is 2.87. The molecule has 1 rings (SSSR count). The van der Waals surface area contributed by atoms with Gasteiger partial charge in [-0.1, -0.05) is 0 Å². The number of carbonyl (C=O) groups is 1. The number of amides is 1. The second-order valence-electron chi connectivity index (χ2n) is 3.23. The summed E-state index contributed by atoms with van der Waals surface area (Å²) < 4.78 is 6.60. The Kier molecular flexibility index (Phi) is 4.26. The molecule has 0 bridgehead atoms. The normalized spacial score (nSPS) is 12.5. The van der Waals surface area contributed by atoms with Crippen LogP contribution in [0.25, 0.3) is 0 Å². The molecular formula is C9H16N4O2. The predicted molar refractivity (Wildman–Crippen MR) is 56.4 cm³/mol. The van der Waals surface area contributed by atoms with Gasteiger partial charge in [-0.05, 0) is 6.92 Å². The first-order valence-corrected chi connectivity index (χ1v) is 4.72. The van der Waals surface area contributed by atoms with E-state index in [9.17, 15) is 4.79 Å². The van der Waals surface area contributed by atoms with Crippen molar-refractivity contribution < 1.29 is 9.53 Å². The fraction of sp³-hybridized carbons (Fsp3) is 0.556. The summed E-state index contributed by atoms with van der Waals surface area (Å²) in [5.74, 6) is 0.264. The van der Waals surface area contributed by atoms with Crippen LogP contribution in [-0.2, 0) is 16.1 Å². The van der Waals surface area contributed by atoms with Gasteiger partial charge in [-0.3, -0.25) is 9.48 Å². The highest BCUT2D eigenvalue weighted by molar-refractivity contribution is 5.93. The van der Waals surface area contributed by atoms with E-state index in [0.29, 0.717) is 19.0 Å². The maximum Gasteiger partial charge on any atom is 0.242 e. The van der Waals surface area contributed by atoms with E-state index in [1.54, 1.807) is 31.0 Å². The lowest BCUT2D eigenvalue weighted by Crippen LogP contribution is -2.32. The SMILES string of the molecule is COCCn1ccc(NC(=O)[C@H](C)N)n1.